The molecule has 0 aromatic rings. The van der Waals surface area contributed by atoms with Crippen LogP contribution in [0.5, 0.6) is 0 Å². The normalized spacial score (nSPS) is 20.6. The molecule has 19 heteroatoms. The molecule has 1 unspecified atom stereocenters. The maximum Gasteiger partial charge on any atom is 0.472 e. The number of hydrogen-bond donors (Lipinski definition) is 7. The van der Waals surface area contributed by atoms with Crippen LogP contribution in [0.25, 0.3) is 0 Å². The van der Waals surface area contributed by atoms with E-state index in [1.54, 1.807) is 18.2 Å². The van der Waals surface area contributed by atoms with Crippen LogP contribution in [-0.2, 0) is 46.6 Å². The largest absolute Gasteiger partial charge is 0.472 e. The molecule has 0 saturated heterocycles. The third kappa shape index (κ3) is 34.7. The maximum absolute atomic E-state index is 12.9. The first-order valence-corrected chi connectivity index (χ1v) is 26.5. The molecule has 0 bridgehead atoms. The number of hydrogen-bond acceptors (Lipinski definition) is 14. The first-order valence-electron chi connectivity index (χ1n) is 23.5. The third-order valence-corrected chi connectivity index (χ3v) is 11.7. The summed E-state index contributed by atoms with van der Waals surface area (Å²) in [5.41, 5.74) is 0. The number of carbonyl (C=O) groups excluding carboxylic acids is 3. The van der Waals surface area contributed by atoms with Crippen molar-refractivity contribution in [2.24, 2.45) is 11.8 Å². The Hall–Kier alpha value is -3.15. The summed E-state index contributed by atoms with van der Waals surface area (Å²) in [7, 11) is -9.85. The number of aliphatic hydroxyl groups excluding tert-OH is 4. The minimum Gasteiger partial charge on any atom is -0.462 e. The molecule has 1 fully saturated rings. The van der Waals surface area contributed by atoms with Crippen molar-refractivity contribution in [3.63, 3.8) is 0 Å². The number of carbonyl (C=O) groups is 3. The minimum absolute atomic E-state index is 0.0231. The summed E-state index contributed by atoms with van der Waals surface area (Å²) < 4.78 is 47.6. The van der Waals surface area contributed by atoms with E-state index in [1.807, 2.05) is 18.2 Å². The Morgan fingerprint density at radius 1 is 0.642 bits per heavy atom. The molecular weight excluding hydrogens is 910 g/mol. The van der Waals surface area contributed by atoms with E-state index in [4.69, 9.17) is 23.8 Å². The number of allylic oxidation sites excluding steroid dienone is 12. The fourth-order valence-electron chi connectivity index (χ4n) is 6.66. The number of phosphoric ester groups is 2. The predicted octanol–water partition coefficient (Wildman–Crippen LogP) is 7.90. The molecule has 0 aromatic carbocycles. The van der Waals surface area contributed by atoms with Crippen LogP contribution in [0, 0.1) is 11.8 Å². The molecular formula is C48H78O17P2. The van der Waals surface area contributed by atoms with E-state index < -0.39 is 96.4 Å². The zero-order valence-electron chi connectivity index (χ0n) is 39.3. The molecule has 1 saturated carbocycles. The van der Waals surface area contributed by atoms with Crippen LogP contribution in [0.4, 0.5) is 0 Å². The fraction of sp³-hybridized carbons (Fsp3) is 0.646. The average Bonchev–Trinajstić information content (AvgIpc) is 3.54. The standard InChI is InChI=1S/C48H78O17P2/c1-3-5-7-8-9-10-11-12-13-14-15-16-17-18-19-20-21-22-24-30-48(55)65-42(38-64-67(59,60)63-36-41(51)35-62-66(56,57)58)37-61-47(54)29-26-25-28-40(50)33-44-43(45(52)34-46(44)53)32-31-39(49)27-23-6-4-2/h5,7,9-10,12-13,15-16,18-19,21-22,31-32,39,41-46,49,51-53H,3-4,6,8,11,14,17,20,23-30,33-38H2,1-2H3,(H,59,60)(H2,56,57,58)/b7-5-,10-9-,13-12-,16-15-,19-18-,22-21-,32-31+/t39-,41-,42+,43+,44+,45+,46-/m0/s1. The van der Waals surface area contributed by atoms with Crippen molar-refractivity contribution >= 4 is 33.4 Å². The highest BCUT2D eigenvalue weighted by Gasteiger charge is 2.41. The van der Waals surface area contributed by atoms with Gasteiger partial charge in [-0.2, -0.15) is 0 Å². The van der Waals surface area contributed by atoms with Crippen molar-refractivity contribution in [1.29, 1.82) is 0 Å². The smallest absolute Gasteiger partial charge is 0.462 e. The zero-order chi connectivity index (χ0) is 49.8. The second-order valence-corrected chi connectivity index (χ2v) is 19.0. The van der Waals surface area contributed by atoms with Crippen molar-refractivity contribution in [3.05, 3.63) is 85.1 Å². The Bertz CT molecular complexity index is 1680. The van der Waals surface area contributed by atoms with E-state index in [0.29, 0.717) is 25.7 Å². The Labute approximate surface area is 397 Å². The molecule has 67 heavy (non-hydrogen) atoms. The van der Waals surface area contributed by atoms with Crippen LogP contribution >= 0.6 is 15.6 Å². The van der Waals surface area contributed by atoms with E-state index in [9.17, 15) is 48.8 Å². The third-order valence-electron chi connectivity index (χ3n) is 10.3. The van der Waals surface area contributed by atoms with E-state index in [1.165, 1.54) is 0 Å². The fourth-order valence-corrected chi connectivity index (χ4v) is 7.82. The highest BCUT2D eigenvalue weighted by molar-refractivity contribution is 7.47. The van der Waals surface area contributed by atoms with E-state index in [0.717, 1.165) is 51.4 Å². The molecule has 0 aromatic heterocycles. The number of rotatable bonds is 39. The van der Waals surface area contributed by atoms with Crippen LogP contribution in [0.1, 0.15) is 129 Å². The van der Waals surface area contributed by atoms with Gasteiger partial charge in [0.25, 0.3) is 0 Å². The number of esters is 2. The molecule has 17 nitrogen and oxygen atoms in total. The molecule has 0 aliphatic heterocycles. The van der Waals surface area contributed by atoms with Crippen LogP contribution in [-0.4, -0.2) is 110 Å². The predicted molar refractivity (Wildman–Crippen MR) is 255 cm³/mol. The summed E-state index contributed by atoms with van der Waals surface area (Å²) >= 11 is 0. The monoisotopic (exact) mass is 988 g/mol. The second kappa shape index (κ2) is 37.7. The first kappa shape index (κ1) is 61.9. The molecule has 0 heterocycles. The molecule has 0 spiro atoms. The van der Waals surface area contributed by atoms with Gasteiger partial charge in [0, 0.05) is 43.9 Å². The molecule has 1 aliphatic carbocycles. The van der Waals surface area contributed by atoms with Gasteiger partial charge in [-0.1, -0.05) is 118 Å². The van der Waals surface area contributed by atoms with Gasteiger partial charge in [0.2, 0.25) is 0 Å². The van der Waals surface area contributed by atoms with Crippen molar-refractivity contribution in [2.45, 2.75) is 160 Å². The van der Waals surface area contributed by atoms with Gasteiger partial charge in [-0.05, 0) is 64.2 Å². The molecule has 0 radical (unpaired) electrons. The first-order chi connectivity index (χ1) is 32.0. The lowest BCUT2D eigenvalue weighted by Crippen LogP contribution is -2.29. The average molecular weight is 989 g/mol. The van der Waals surface area contributed by atoms with Crippen LogP contribution in [0.15, 0.2) is 85.1 Å². The minimum atomic E-state index is -4.93. The molecule has 382 valence electrons. The highest BCUT2D eigenvalue weighted by atomic mass is 31.2. The van der Waals surface area contributed by atoms with Crippen molar-refractivity contribution < 1.29 is 81.7 Å². The number of ketones is 1. The highest BCUT2D eigenvalue weighted by Crippen LogP contribution is 2.44. The Morgan fingerprint density at radius 3 is 1.78 bits per heavy atom. The summed E-state index contributed by atoms with van der Waals surface area (Å²) in [5.74, 6) is -2.57. The molecule has 8 atom stereocenters. The van der Waals surface area contributed by atoms with Crippen LogP contribution in [0.3, 0.4) is 0 Å². The lowest BCUT2D eigenvalue weighted by atomic mass is 9.87. The van der Waals surface area contributed by atoms with E-state index >= 15 is 0 Å². The van der Waals surface area contributed by atoms with Crippen molar-refractivity contribution in [2.75, 3.05) is 26.4 Å². The van der Waals surface area contributed by atoms with E-state index in [-0.39, 0.29) is 44.3 Å². The Kier molecular flexibility index (Phi) is 34.8. The quantitative estimate of drug-likeness (QED) is 0.0133. The van der Waals surface area contributed by atoms with Crippen molar-refractivity contribution in [1.82, 2.24) is 0 Å². The lowest BCUT2D eigenvalue weighted by molar-refractivity contribution is -0.161. The van der Waals surface area contributed by atoms with Gasteiger partial charge in [-0.3, -0.25) is 28.0 Å². The number of Topliss-reactive ketones (excluding diaryl/α,β-unsaturated/α-hetero) is 1. The number of unbranched alkanes of at least 4 members (excludes halogenated alkanes) is 3. The SMILES string of the molecule is CC/C=C\C/C=C\C/C=C\C/C=C\C/C=C\C/C=C\CCC(=O)O[C@H](COC(=O)CCCCC(=O)C[C@@H]1[C@@H](/C=C/[C@@H](O)CCCCC)[C@H](O)C[C@@H]1O)COP(=O)(O)OC[C@@H](O)COP(=O)(O)O. The lowest BCUT2D eigenvalue weighted by Gasteiger charge is -2.21. The number of ether oxygens (including phenoxy) is 2. The van der Waals surface area contributed by atoms with Gasteiger partial charge in [0.1, 0.15) is 18.5 Å². The topological polar surface area (TPSA) is 273 Å². The molecule has 1 rings (SSSR count). The van der Waals surface area contributed by atoms with Gasteiger partial charge >= 0.3 is 27.6 Å². The maximum atomic E-state index is 12.9. The van der Waals surface area contributed by atoms with Crippen LogP contribution in [0.2, 0.25) is 0 Å². The Balaban J connectivity index is 2.62. The van der Waals surface area contributed by atoms with Gasteiger partial charge in [0.15, 0.2) is 6.10 Å². The molecule has 0 amide bonds. The summed E-state index contributed by atoms with van der Waals surface area (Å²) in [6.07, 6.45) is 32.2. The summed E-state index contributed by atoms with van der Waals surface area (Å²) in [6.45, 7) is 1.02. The Morgan fingerprint density at radius 2 is 1.19 bits per heavy atom. The number of aliphatic hydroxyl groups is 4. The van der Waals surface area contributed by atoms with Crippen molar-refractivity contribution in [3.8, 4) is 0 Å². The van der Waals surface area contributed by atoms with Gasteiger partial charge in [-0.25, -0.2) is 9.13 Å². The van der Waals surface area contributed by atoms with E-state index in [2.05, 4.69) is 71.5 Å². The molecule has 1 aliphatic rings. The summed E-state index contributed by atoms with van der Waals surface area (Å²) in [6, 6.07) is 0. The number of phosphoric acid groups is 2. The second-order valence-electron chi connectivity index (χ2n) is 16.3. The zero-order valence-corrected chi connectivity index (χ0v) is 41.1. The summed E-state index contributed by atoms with van der Waals surface area (Å²) in [4.78, 5) is 65.8. The van der Waals surface area contributed by atoms with Gasteiger partial charge < -0.3 is 44.6 Å². The van der Waals surface area contributed by atoms with Gasteiger partial charge in [-0.15, -0.1) is 0 Å². The van der Waals surface area contributed by atoms with Gasteiger partial charge in [0.05, 0.1) is 38.1 Å². The summed E-state index contributed by atoms with van der Waals surface area (Å²) in [5, 5.41) is 41.1. The molecule has 7 N–H and O–H groups in total. The van der Waals surface area contributed by atoms with Crippen LogP contribution < -0.4 is 0 Å².